The van der Waals surface area contributed by atoms with Crippen molar-refractivity contribution >= 4 is 5.91 Å². The van der Waals surface area contributed by atoms with Gasteiger partial charge in [0.15, 0.2) is 11.5 Å². The molecule has 4 heterocycles. The van der Waals surface area contributed by atoms with Crippen molar-refractivity contribution in [3.8, 4) is 17.2 Å². The van der Waals surface area contributed by atoms with Gasteiger partial charge in [0.25, 0.3) is 5.91 Å². The zero-order valence-electron chi connectivity index (χ0n) is 17.0. The summed E-state index contributed by atoms with van der Waals surface area (Å²) in [5.74, 6) is 2.35. The lowest BCUT2D eigenvalue weighted by Gasteiger charge is -2.41. The number of hydrogen-bond donors (Lipinski definition) is 0. The van der Waals surface area contributed by atoms with E-state index in [0.29, 0.717) is 23.1 Å². The highest BCUT2D eigenvalue weighted by Gasteiger charge is 2.31. The lowest BCUT2D eigenvalue weighted by Crippen LogP contribution is -2.50. The standard InChI is InChI=1S/C23H27N3O4/c27-23(17-1-2-21-22(15-17)29-16-28-21)26-11-5-18(6-12-26)25-13-7-20(8-14-25)30-19-3-9-24-10-4-19/h1-4,9-10,15,18,20H,5-8,11-14,16H2. The van der Waals surface area contributed by atoms with Crippen molar-refractivity contribution in [3.05, 3.63) is 48.3 Å². The maximum atomic E-state index is 12.9. The molecule has 7 heteroatoms. The zero-order chi connectivity index (χ0) is 20.3. The van der Waals surface area contributed by atoms with Gasteiger partial charge < -0.3 is 19.1 Å². The number of ether oxygens (including phenoxy) is 3. The Morgan fingerprint density at radius 3 is 2.43 bits per heavy atom. The maximum Gasteiger partial charge on any atom is 0.253 e. The Balaban J connectivity index is 1.10. The van der Waals surface area contributed by atoms with E-state index in [4.69, 9.17) is 14.2 Å². The van der Waals surface area contributed by atoms with Crippen LogP contribution in [0.1, 0.15) is 36.0 Å². The van der Waals surface area contributed by atoms with Crippen LogP contribution in [0.2, 0.25) is 0 Å². The van der Waals surface area contributed by atoms with Crippen LogP contribution >= 0.6 is 0 Å². The fraction of sp³-hybridized carbons (Fsp3) is 0.478. The molecule has 3 aliphatic rings. The summed E-state index contributed by atoms with van der Waals surface area (Å²) in [6, 6.07) is 9.83. The normalized spacial score (nSPS) is 20.3. The van der Waals surface area contributed by atoms with Crippen molar-refractivity contribution in [2.75, 3.05) is 33.0 Å². The van der Waals surface area contributed by atoms with Gasteiger partial charge in [0.2, 0.25) is 6.79 Å². The van der Waals surface area contributed by atoms with Gasteiger partial charge >= 0.3 is 0 Å². The number of carbonyl (C=O) groups excluding carboxylic acids is 1. The summed E-state index contributed by atoms with van der Waals surface area (Å²) in [6.07, 6.45) is 7.93. The van der Waals surface area contributed by atoms with Gasteiger partial charge in [0.05, 0.1) is 0 Å². The molecule has 0 saturated carbocycles. The molecular weight excluding hydrogens is 382 g/mol. The molecule has 1 aromatic carbocycles. The summed E-state index contributed by atoms with van der Waals surface area (Å²) in [5.41, 5.74) is 0.673. The molecule has 0 spiro atoms. The lowest BCUT2D eigenvalue weighted by molar-refractivity contribution is 0.0425. The van der Waals surface area contributed by atoms with E-state index in [1.54, 1.807) is 18.5 Å². The average molecular weight is 409 g/mol. The Morgan fingerprint density at radius 2 is 1.67 bits per heavy atom. The van der Waals surface area contributed by atoms with E-state index in [2.05, 4.69) is 9.88 Å². The second-order valence-electron chi connectivity index (χ2n) is 8.13. The van der Waals surface area contributed by atoms with Crippen LogP contribution in [0.5, 0.6) is 17.2 Å². The second kappa shape index (κ2) is 8.52. The van der Waals surface area contributed by atoms with E-state index in [-0.39, 0.29) is 18.8 Å². The van der Waals surface area contributed by atoms with Crippen molar-refractivity contribution in [1.82, 2.24) is 14.8 Å². The maximum absolute atomic E-state index is 12.9. The van der Waals surface area contributed by atoms with Crippen molar-refractivity contribution in [3.63, 3.8) is 0 Å². The quantitative estimate of drug-likeness (QED) is 0.774. The topological polar surface area (TPSA) is 64.1 Å². The monoisotopic (exact) mass is 409 g/mol. The first-order valence-electron chi connectivity index (χ1n) is 10.8. The number of amides is 1. The molecule has 2 aromatic rings. The van der Waals surface area contributed by atoms with Crippen molar-refractivity contribution in [2.45, 2.75) is 37.8 Å². The Kier molecular flexibility index (Phi) is 5.45. The minimum atomic E-state index is 0.0798. The largest absolute Gasteiger partial charge is 0.490 e. The molecule has 0 unspecified atom stereocenters. The Morgan fingerprint density at radius 1 is 0.933 bits per heavy atom. The van der Waals surface area contributed by atoms with Gasteiger partial charge in [0, 0.05) is 50.2 Å². The Labute approximate surface area is 176 Å². The fourth-order valence-corrected chi connectivity index (χ4v) is 4.61. The molecule has 30 heavy (non-hydrogen) atoms. The van der Waals surface area contributed by atoms with Gasteiger partial charge in [-0.1, -0.05) is 0 Å². The van der Waals surface area contributed by atoms with Gasteiger partial charge in [-0.15, -0.1) is 0 Å². The van der Waals surface area contributed by atoms with Crippen molar-refractivity contribution < 1.29 is 19.0 Å². The predicted octanol–water partition coefficient (Wildman–Crippen LogP) is 2.96. The highest BCUT2D eigenvalue weighted by atomic mass is 16.7. The first-order valence-corrected chi connectivity index (χ1v) is 10.8. The highest BCUT2D eigenvalue weighted by molar-refractivity contribution is 5.95. The predicted molar refractivity (Wildman–Crippen MR) is 111 cm³/mol. The minimum Gasteiger partial charge on any atom is -0.490 e. The number of piperidine rings is 2. The van der Waals surface area contributed by atoms with E-state index in [0.717, 1.165) is 57.6 Å². The van der Waals surface area contributed by atoms with Gasteiger partial charge in [0.1, 0.15) is 11.9 Å². The van der Waals surface area contributed by atoms with Crippen LogP contribution in [0.3, 0.4) is 0 Å². The van der Waals surface area contributed by atoms with Crippen LogP contribution in [0.15, 0.2) is 42.7 Å². The molecule has 5 rings (SSSR count). The molecule has 0 atom stereocenters. The number of nitrogens with zero attached hydrogens (tertiary/aromatic N) is 3. The number of rotatable bonds is 4. The van der Waals surface area contributed by atoms with E-state index < -0.39 is 0 Å². The van der Waals surface area contributed by atoms with Crippen LogP contribution in [0.4, 0.5) is 0 Å². The number of fused-ring (bicyclic) bond motifs is 1. The number of likely N-dealkylation sites (tertiary alicyclic amines) is 2. The summed E-state index contributed by atoms with van der Waals surface area (Å²) < 4.78 is 16.8. The molecule has 3 aliphatic heterocycles. The molecule has 7 nitrogen and oxygen atoms in total. The van der Waals surface area contributed by atoms with Crippen LogP contribution < -0.4 is 14.2 Å². The molecule has 2 saturated heterocycles. The van der Waals surface area contributed by atoms with Crippen LogP contribution in [-0.4, -0.2) is 65.8 Å². The van der Waals surface area contributed by atoms with Crippen LogP contribution in [0.25, 0.3) is 0 Å². The third kappa shape index (κ3) is 4.07. The summed E-state index contributed by atoms with van der Waals surface area (Å²) >= 11 is 0. The zero-order valence-corrected chi connectivity index (χ0v) is 17.0. The number of aromatic nitrogens is 1. The molecule has 0 N–H and O–H groups in total. The highest BCUT2D eigenvalue weighted by Crippen LogP contribution is 2.33. The van der Waals surface area contributed by atoms with Crippen molar-refractivity contribution in [1.29, 1.82) is 0 Å². The van der Waals surface area contributed by atoms with Gasteiger partial charge in [-0.05, 0) is 56.0 Å². The first kappa shape index (κ1) is 19.2. The van der Waals surface area contributed by atoms with Gasteiger partial charge in [-0.3, -0.25) is 14.7 Å². The Bertz CT molecular complexity index is 875. The molecule has 1 amide bonds. The molecular formula is C23H27N3O4. The second-order valence-corrected chi connectivity index (χ2v) is 8.13. The summed E-state index contributed by atoms with van der Waals surface area (Å²) in [5, 5.41) is 0. The Hall–Kier alpha value is -2.80. The minimum absolute atomic E-state index is 0.0798. The average Bonchev–Trinajstić information content (AvgIpc) is 3.28. The molecule has 0 aliphatic carbocycles. The number of pyridine rings is 1. The smallest absolute Gasteiger partial charge is 0.253 e. The van der Waals surface area contributed by atoms with Crippen LogP contribution in [0, 0.1) is 0 Å². The molecule has 0 radical (unpaired) electrons. The fourth-order valence-electron chi connectivity index (χ4n) is 4.61. The van der Waals surface area contributed by atoms with Crippen LogP contribution in [-0.2, 0) is 0 Å². The van der Waals surface area contributed by atoms with E-state index in [1.165, 1.54) is 0 Å². The molecule has 158 valence electrons. The van der Waals surface area contributed by atoms with Crippen molar-refractivity contribution in [2.24, 2.45) is 0 Å². The summed E-state index contributed by atoms with van der Waals surface area (Å²) in [4.78, 5) is 21.5. The third-order valence-corrected chi connectivity index (χ3v) is 6.32. The number of benzene rings is 1. The molecule has 2 fully saturated rings. The van der Waals surface area contributed by atoms with Gasteiger partial charge in [-0.2, -0.15) is 0 Å². The van der Waals surface area contributed by atoms with E-state index in [1.807, 2.05) is 29.2 Å². The molecule has 0 bridgehead atoms. The number of carbonyl (C=O) groups is 1. The number of hydrogen-bond acceptors (Lipinski definition) is 6. The van der Waals surface area contributed by atoms with Gasteiger partial charge in [-0.25, -0.2) is 0 Å². The first-order chi connectivity index (χ1) is 14.8. The third-order valence-electron chi connectivity index (χ3n) is 6.32. The van der Waals surface area contributed by atoms with E-state index in [9.17, 15) is 4.79 Å². The summed E-state index contributed by atoms with van der Waals surface area (Å²) in [7, 11) is 0. The van der Waals surface area contributed by atoms with E-state index >= 15 is 0 Å². The lowest BCUT2D eigenvalue weighted by atomic mass is 9.98. The summed E-state index contributed by atoms with van der Waals surface area (Å²) in [6.45, 7) is 3.92. The molecule has 1 aromatic heterocycles. The SMILES string of the molecule is O=C(c1ccc2c(c1)OCO2)N1CCC(N2CCC(Oc3ccncc3)CC2)CC1.